The normalized spacial score (nSPS) is 20.0. The summed E-state index contributed by atoms with van der Waals surface area (Å²) in [6.45, 7) is 5.91. The van der Waals surface area contributed by atoms with E-state index in [1.54, 1.807) is 0 Å². The Morgan fingerprint density at radius 1 is 1.32 bits per heavy atom. The van der Waals surface area contributed by atoms with Crippen molar-refractivity contribution in [1.29, 1.82) is 0 Å². The molecule has 0 aliphatic carbocycles. The molecule has 1 aliphatic heterocycles. The molecule has 3 unspecified atom stereocenters. The van der Waals surface area contributed by atoms with Crippen molar-refractivity contribution in [2.24, 2.45) is 17.6 Å². The van der Waals surface area contributed by atoms with Crippen molar-refractivity contribution in [3.05, 3.63) is 35.9 Å². The molecule has 3 N–H and O–H groups in total. The van der Waals surface area contributed by atoms with Crippen LogP contribution in [0, 0.1) is 11.8 Å². The van der Waals surface area contributed by atoms with Gasteiger partial charge in [-0.15, -0.1) is 0 Å². The van der Waals surface area contributed by atoms with Crippen LogP contribution in [0.2, 0.25) is 0 Å². The maximum atomic E-state index is 12.9. The lowest BCUT2D eigenvalue weighted by atomic mass is 9.91. The molecule has 1 aromatic rings. The van der Waals surface area contributed by atoms with Gasteiger partial charge in [0, 0.05) is 25.7 Å². The number of nitrogens with two attached hydrogens (primary N) is 1. The van der Waals surface area contributed by atoms with Crippen molar-refractivity contribution in [2.45, 2.75) is 45.6 Å². The number of hydrogen-bond acceptors (Lipinski definition) is 3. The molecule has 5 heteroatoms. The SMILES string of the molecule is CCCCNC(=O)C1CCCN(C(=O)C(C)C(N)c2ccccc2)C1. The van der Waals surface area contributed by atoms with Gasteiger partial charge in [0.15, 0.2) is 0 Å². The van der Waals surface area contributed by atoms with E-state index in [2.05, 4.69) is 12.2 Å². The Hall–Kier alpha value is -1.88. The third-order valence-corrected chi connectivity index (χ3v) is 5.05. The van der Waals surface area contributed by atoms with Gasteiger partial charge in [0.05, 0.1) is 11.8 Å². The zero-order valence-electron chi connectivity index (χ0n) is 15.4. The molecule has 5 nitrogen and oxygen atoms in total. The van der Waals surface area contributed by atoms with E-state index in [0.29, 0.717) is 13.1 Å². The average molecular weight is 345 g/mol. The fourth-order valence-corrected chi connectivity index (χ4v) is 3.33. The number of piperidine rings is 1. The number of likely N-dealkylation sites (tertiary alicyclic amines) is 1. The van der Waals surface area contributed by atoms with Crippen LogP contribution < -0.4 is 11.1 Å². The predicted octanol–water partition coefficient (Wildman–Crippen LogP) is 2.48. The molecule has 1 fully saturated rings. The molecule has 3 atom stereocenters. The van der Waals surface area contributed by atoms with Crippen LogP contribution in [0.25, 0.3) is 0 Å². The quantitative estimate of drug-likeness (QED) is 0.746. The summed E-state index contributed by atoms with van der Waals surface area (Å²) in [6.07, 6.45) is 3.76. The topological polar surface area (TPSA) is 75.4 Å². The second-order valence-electron chi connectivity index (χ2n) is 6.99. The summed E-state index contributed by atoms with van der Waals surface area (Å²) in [6, 6.07) is 9.39. The van der Waals surface area contributed by atoms with Gasteiger partial charge in [-0.1, -0.05) is 50.6 Å². The first kappa shape index (κ1) is 19.4. The van der Waals surface area contributed by atoms with Crippen LogP contribution in [-0.2, 0) is 9.59 Å². The molecule has 1 aromatic carbocycles. The fourth-order valence-electron chi connectivity index (χ4n) is 3.33. The lowest BCUT2D eigenvalue weighted by molar-refractivity contribution is -0.139. The minimum atomic E-state index is -0.326. The Morgan fingerprint density at radius 3 is 2.72 bits per heavy atom. The maximum absolute atomic E-state index is 12.9. The van der Waals surface area contributed by atoms with Crippen LogP contribution >= 0.6 is 0 Å². The Kier molecular flexibility index (Phi) is 7.44. The zero-order chi connectivity index (χ0) is 18.2. The first-order valence-corrected chi connectivity index (χ1v) is 9.41. The Balaban J connectivity index is 1.93. The maximum Gasteiger partial charge on any atom is 0.227 e. The highest BCUT2D eigenvalue weighted by atomic mass is 16.2. The van der Waals surface area contributed by atoms with Crippen molar-refractivity contribution in [1.82, 2.24) is 10.2 Å². The fraction of sp³-hybridized carbons (Fsp3) is 0.600. The summed E-state index contributed by atoms with van der Waals surface area (Å²) in [4.78, 5) is 27.0. The Morgan fingerprint density at radius 2 is 2.04 bits per heavy atom. The van der Waals surface area contributed by atoms with Gasteiger partial charge >= 0.3 is 0 Å². The average Bonchev–Trinajstić information content (AvgIpc) is 2.67. The van der Waals surface area contributed by atoms with Gasteiger partial charge in [-0.05, 0) is 24.8 Å². The van der Waals surface area contributed by atoms with E-state index in [-0.39, 0.29) is 29.7 Å². The van der Waals surface area contributed by atoms with Crippen LogP contribution in [0.4, 0.5) is 0 Å². The van der Waals surface area contributed by atoms with E-state index in [0.717, 1.165) is 37.8 Å². The Labute approximate surface area is 151 Å². The summed E-state index contributed by atoms with van der Waals surface area (Å²) in [5.41, 5.74) is 7.26. The van der Waals surface area contributed by atoms with Gasteiger partial charge in [0.2, 0.25) is 11.8 Å². The number of carbonyl (C=O) groups is 2. The Bertz CT molecular complexity index is 561. The molecule has 0 bridgehead atoms. The first-order chi connectivity index (χ1) is 12.0. The number of rotatable bonds is 7. The second-order valence-corrected chi connectivity index (χ2v) is 6.99. The van der Waals surface area contributed by atoms with E-state index < -0.39 is 0 Å². The van der Waals surface area contributed by atoms with E-state index in [1.807, 2.05) is 42.2 Å². The van der Waals surface area contributed by atoms with Gasteiger partial charge in [-0.25, -0.2) is 0 Å². The molecule has 0 saturated carbocycles. The molecule has 138 valence electrons. The lowest BCUT2D eigenvalue weighted by Gasteiger charge is -2.35. The number of benzene rings is 1. The number of carbonyl (C=O) groups excluding carboxylic acids is 2. The van der Waals surface area contributed by atoms with E-state index >= 15 is 0 Å². The van der Waals surface area contributed by atoms with E-state index in [4.69, 9.17) is 5.73 Å². The van der Waals surface area contributed by atoms with Crippen molar-refractivity contribution in [3.63, 3.8) is 0 Å². The van der Waals surface area contributed by atoms with Crippen molar-refractivity contribution < 1.29 is 9.59 Å². The van der Waals surface area contributed by atoms with Crippen molar-refractivity contribution in [3.8, 4) is 0 Å². The molecular formula is C20H31N3O2. The minimum absolute atomic E-state index is 0.0439. The van der Waals surface area contributed by atoms with Gasteiger partial charge in [0.1, 0.15) is 0 Å². The van der Waals surface area contributed by atoms with Crippen LogP contribution in [0.5, 0.6) is 0 Å². The molecule has 1 aliphatic rings. The largest absolute Gasteiger partial charge is 0.356 e. The second kappa shape index (κ2) is 9.56. The van der Waals surface area contributed by atoms with E-state index in [9.17, 15) is 9.59 Å². The highest BCUT2D eigenvalue weighted by molar-refractivity contribution is 5.82. The van der Waals surface area contributed by atoms with Crippen LogP contribution in [0.15, 0.2) is 30.3 Å². The van der Waals surface area contributed by atoms with E-state index in [1.165, 1.54) is 0 Å². The van der Waals surface area contributed by atoms with Crippen molar-refractivity contribution in [2.75, 3.05) is 19.6 Å². The number of nitrogens with zero attached hydrogens (tertiary/aromatic N) is 1. The molecule has 2 rings (SSSR count). The lowest BCUT2D eigenvalue weighted by Crippen LogP contribution is -2.48. The monoisotopic (exact) mass is 345 g/mol. The number of nitrogens with one attached hydrogen (secondary N) is 1. The predicted molar refractivity (Wildman–Crippen MR) is 99.8 cm³/mol. The molecule has 0 aromatic heterocycles. The highest BCUT2D eigenvalue weighted by Crippen LogP contribution is 2.24. The molecule has 2 amide bonds. The zero-order valence-corrected chi connectivity index (χ0v) is 15.4. The third kappa shape index (κ3) is 5.30. The summed E-state index contributed by atoms with van der Waals surface area (Å²) in [5, 5.41) is 2.99. The van der Waals surface area contributed by atoms with Crippen LogP contribution in [0.1, 0.15) is 51.1 Å². The number of hydrogen-bond donors (Lipinski definition) is 2. The summed E-state index contributed by atoms with van der Waals surface area (Å²) in [7, 11) is 0. The molecule has 1 saturated heterocycles. The van der Waals surface area contributed by atoms with Gasteiger partial charge in [-0.3, -0.25) is 9.59 Å². The molecule has 1 heterocycles. The minimum Gasteiger partial charge on any atom is -0.356 e. The van der Waals surface area contributed by atoms with Gasteiger partial charge in [0.25, 0.3) is 0 Å². The summed E-state index contributed by atoms with van der Waals surface area (Å²) < 4.78 is 0. The standard InChI is InChI=1S/C20H31N3O2/c1-3-4-12-22-19(24)17-11-8-13-23(14-17)20(25)15(2)18(21)16-9-6-5-7-10-16/h5-7,9-10,15,17-18H,3-4,8,11-14,21H2,1-2H3,(H,22,24). The molecular weight excluding hydrogens is 314 g/mol. The number of unbranched alkanes of at least 4 members (excludes halogenated alkanes) is 1. The summed E-state index contributed by atoms with van der Waals surface area (Å²) >= 11 is 0. The molecule has 0 radical (unpaired) electrons. The first-order valence-electron chi connectivity index (χ1n) is 9.41. The number of amides is 2. The third-order valence-electron chi connectivity index (χ3n) is 5.05. The van der Waals surface area contributed by atoms with Gasteiger partial charge < -0.3 is 16.0 Å². The summed E-state index contributed by atoms with van der Waals surface area (Å²) in [5.74, 6) is -0.285. The van der Waals surface area contributed by atoms with Gasteiger partial charge in [-0.2, -0.15) is 0 Å². The van der Waals surface area contributed by atoms with Crippen LogP contribution in [-0.4, -0.2) is 36.3 Å². The van der Waals surface area contributed by atoms with Crippen molar-refractivity contribution >= 4 is 11.8 Å². The highest BCUT2D eigenvalue weighted by Gasteiger charge is 2.32. The van der Waals surface area contributed by atoms with Crippen LogP contribution in [0.3, 0.4) is 0 Å². The molecule has 25 heavy (non-hydrogen) atoms. The molecule has 0 spiro atoms. The smallest absolute Gasteiger partial charge is 0.227 e.